The molecule has 7 heteroatoms. The van der Waals surface area contributed by atoms with Crippen molar-refractivity contribution in [1.29, 1.82) is 0 Å². The summed E-state index contributed by atoms with van der Waals surface area (Å²) in [6.45, 7) is 6.76. The fourth-order valence-corrected chi connectivity index (χ4v) is 3.37. The van der Waals surface area contributed by atoms with E-state index < -0.39 is 0 Å². The lowest BCUT2D eigenvalue weighted by molar-refractivity contribution is -0.122. The van der Waals surface area contributed by atoms with Crippen molar-refractivity contribution < 1.29 is 14.3 Å². The number of carbonyl (C=O) groups is 1. The lowest BCUT2D eigenvalue weighted by atomic mass is 10.1. The number of para-hydroxylation sites is 2. The van der Waals surface area contributed by atoms with Crippen LogP contribution < -0.4 is 20.5 Å². The summed E-state index contributed by atoms with van der Waals surface area (Å²) >= 11 is 0. The molecule has 1 unspecified atom stereocenters. The molecule has 7 nitrogen and oxygen atoms in total. The van der Waals surface area contributed by atoms with Crippen LogP contribution in [-0.4, -0.2) is 28.3 Å². The smallest absolute Gasteiger partial charge is 0.329 e. The number of ether oxygens (including phenoxy) is 2. The van der Waals surface area contributed by atoms with E-state index in [0.717, 1.165) is 16.6 Å². The van der Waals surface area contributed by atoms with Crippen LogP contribution in [0.25, 0.3) is 11.0 Å². The van der Waals surface area contributed by atoms with Gasteiger partial charge in [-0.3, -0.25) is 13.9 Å². The largest absolute Gasteiger partial charge is 0.490 e. The van der Waals surface area contributed by atoms with Gasteiger partial charge in [0.2, 0.25) is 5.91 Å². The van der Waals surface area contributed by atoms with Crippen LogP contribution in [0.15, 0.2) is 47.3 Å². The minimum atomic E-state index is -0.247. The fourth-order valence-electron chi connectivity index (χ4n) is 3.37. The molecule has 2 aromatic carbocycles. The lowest BCUT2D eigenvalue weighted by Gasteiger charge is -2.17. The number of rotatable bonds is 8. The summed E-state index contributed by atoms with van der Waals surface area (Å²) < 4.78 is 14.3. The third-order valence-corrected chi connectivity index (χ3v) is 4.80. The third-order valence-electron chi connectivity index (χ3n) is 4.80. The van der Waals surface area contributed by atoms with E-state index in [1.54, 1.807) is 11.6 Å². The Kier molecular flexibility index (Phi) is 6.26. The highest BCUT2D eigenvalue weighted by atomic mass is 16.5. The number of benzene rings is 2. The molecule has 0 aliphatic carbocycles. The van der Waals surface area contributed by atoms with Gasteiger partial charge < -0.3 is 14.8 Å². The number of fused-ring (bicyclic) bond motifs is 1. The quantitative estimate of drug-likeness (QED) is 0.634. The first-order valence-corrected chi connectivity index (χ1v) is 9.79. The van der Waals surface area contributed by atoms with Crippen molar-refractivity contribution in [2.24, 2.45) is 7.05 Å². The van der Waals surface area contributed by atoms with Crippen molar-refractivity contribution in [3.05, 3.63) is 58.5 Å². The summed E-state index contributed by atoms with van der Waals surface area (Å²) in [5, 5.41) is 2.96. The molecule has 1 N–H and O–H groups in total. The molecule has 1 atom stereocenters. The Bertz CT molecular complexity index is 1070. The molecule has 1 amide bonds. The zero-order valence-corrected chi connectivity index (χ0v) is 17.3. The summed E-state index contributed by atoms with van der Waals surface area (Å²) in [5.74, 6) is 1.10. The minimum Gasteiger partial charge on any atom is -0.490 e. The Balaban J connectivity index is 1.77. The van der Waals surface area contributed by atoms with Crippen LogP contribution in [0.1, 0.15) is 32.4 Å². The molecular weight excluding hydrogens is 370 g/mol. The molecule has 0 saturated heterocycles. The SMILES string of the molecule is CCOc1ccc(C(C)NC(=O)Cn2c(=O)n(C)c3ccccc32)cc1OCC. The van der Waals surface area contributed by atoms with Crippen LogP contribution in [0.4, 0.5) is 0 Å². The highest BCUT2D eigenvalue weighted by Gasteiger charge is 2.16. The number of hydrogen-bond acceptors (Lipinski definition) is 4. The number of nitrogens with one attached hydrogen (secondary N) is 1. The Labute approximate surface area is 169 Å². The molecule has 3 aromatic rings. The summed E-state index contributed by atoms with van der Waals surface area (Å²) in [7, 11) is 1.71. The summed E-state index contributed by atoms with van der Waals surface area (Å²) in [5.41, 5.74) is 2.22. The molecule has 0 aliphatic heterocycles. The molecule has 0 spiro atoms. The number of nitrogens with zero attached hydrogens (tertiary/aromatic N) is 2. The van der Waals surface area contributed by atoms with Gasteiger partial charge in [-0.05, 0) is 50.6 Å². The lowest BCUT2D eigenvalue weighted by Crippen LogP contribution is -2.34. The second-order valence-electron chi connectivity index (χ2n) is 6.78. The highest BCUT2D eigenvalue weighted by Crippen LogP contribution is 2.30. The maximum atomic E-state index is 12.6. The van der Waals surface area contributed by atoms with E-state index in [1.807, 2.05) is 63.2 Å². The van der Waals surface area contributed by atoms with Crippen molar-refractivity contribution in [1.82, 2.24) is 14.5 Å². The molecule has 0 bridgehead atoms. The zero-order chi connectivity index (χ0) is 21.0. The molecule has 3 rings (SSSR count). The molecule has 0 fully saturated rings. The third kappa shape index (κ3) is 4.29. The number of aryl methyl sites for hydroxylation is 1. The number of amides is 1. The molecule has 0 saturated carbocycles. The van der Waals surface area contributed by atoms with Gasteiger partial charge in [-0.25, -0.2) is 4.79 Å². The van der Waals surface area contributed by atoms with Crippen molar-refractivity contribution >= 4 is 16.9 Å². The van der Waals surface area contributed by atoms with Crippen LogP contribution >= 0.6 is 0 Å². The monoisotopic (exact) mass is 397 g/mol. The van der Waals surface area contributed by atoms with Gasteiger partial charge in [0.05, 0.1) is 30.3 Å². The van der Waals surface area contributed by atoms with E-state index >= 15 is 0 Å². The standard InChI is InChI=1S/C22H27N3O4/c1-5-28-19-12-11-16(13-20(19)29-6-2)15(3)23-21(26)14-25-18-10-8-7-9-17(18)24(4)22(25)27/h7-13,15H,5-6,14H2,1-4H3,(H,23,26). The maximum absolute atomic E-state index is 12.6. The van der Waals surface area contributed by atoms with E-state index in [-0.39, 0.29) is 24.2 Å². The van der Waals surface area contributed by atoms with Crippen LogP contribution in [0, 0.1) is 0 Å². The van der Waals surface area contributed by atoms with E-state index in [0.29, 0.717) is 24.7 Å². The number of aromatic nitrogens is 2. The van der Waals surface area contributed by atoms with Crippen molar-refractivity contribution in [3.8, 4) is 11.5 Å². The number of carbonyl (C=O) groups excluding carboxylic acids is 1. The average molecular weight is 397 g/mol. The van der Waals surface area contributed by atoms with E-state index in [4.69, 9.17) is 9.47 Å². The Morgan fingerprint density at radius 1 is 1.03 bits per heavy atom. The van der Waals surface area contributed by atoms with Gasteiger partial charge in [-0.15, -0.1) is 0 Å². The van der Waals surface area contributed by atoms with Crippen LogP contribution in [0.5, 0.6) is 11.5 Å². The van der Waals surface area contributed by atoms with E-state index in [2.05, 4.69) is 5.32 Å². The van der Waals surface area contributed by atoms with Gasteiger partial charge in [0.1, 0.15) is 6.54 Å². The predicted octanol–water partition coefficient (Wildman–Crippen LogP) is 3.01. The Hall–Kier alpha value is -3.22. The summed E-state index contributed by atoms with van der Waals surface area (Å²) in [6, 6.07) is 12.8. The normalized spacial score (nSPS) is 12.0. The number of hydrogen-bond donors (Lipinski definition) is 1. The van der Waals surface area contributed by atoms with Gasteiger partial charge in [-0.1, -0.05) is 18.2 Å². The van der Waals surface area contributed by atoms with Crippen molar-refractivity contribution in [3.63, 3.8) is 0 Å². The zero-order valence-electron chi connectivity index (χ0n) is 17.3. The van der Waals surface area contributed by atoms with Crippen LogP contribution in [0.3, 0.4) is 0 Å². The molecule has 0 radical (unpaired) electrons. The molecule has 1 aromatic heterocycles. The Morgan fingerprint density at radius 3 is 2.38 bits per heavy atom. The second-order valence-corrected chi connectivity index (χ2v) is 6.78. The van der Waals surface area contributed by atoms with Gasteiger partial charge in [-0.2, -0.15) is 0 Å². The summed E-state index contributed by atoms with van der Waals surface area (Å²) in [4.78, 5) is 25.2. The minimum absolute atomic E-state index is 0.0418. The van der Waals surface area contributed by atoms with E-state index in [1.165, 1.54) is 4.57 Å². The molecule has 1 heterocycles. The van der Waals surface area contributed by atoms with Crippen LogP contribution in [-0.2, 0) is 18.4 Å². The first-order chi connectivity index (χ1) is 14.0. The topological polar surface area (TPSA) is 74.5 Å². The first-order valence-electron chi connectivity index (χ1n) is 9.79. The highest BCUT2D eigenvalue weighted by molar-refractivity contribution is 5.81. The average Bonchev–Trinajstić information content (AvgIpc) is 2.94. The summed E-state index contributed by atoms with van der Waals surface area (Å²) in [6.07, 6.45) is 0. The maximum Gasteiger partial charge on any atom is 0.329 e. The van der Waals surface area contributed by atoms with E-state index in [9.17, 15) is 9.59 Å². The van der Waals surface area contributed by atoms with Crippen LogP contribution in [0.2, 0.25) is 0 Å². The molecule has 29 heavy (non-hydrogen) atoms. The predicted molar refractivity (Wildman–Crippen MR) is 113 cm³/mol. The first kappa shape index (κ1) is 20.5. The van der Waals surface area contributed by atoms with Crippen molar-refractivity contribution in [2.45, 2.75) is 33.4 Å². The molecule has 154 valence electrons. The Morgan fingerprint density at radius 2 is 1.69 bits per heavy atom. The fraction of sp³-hybridized carbons (Fsp3) is 0.364. The second kappa shape index (κ2) is 8.86. The van der Waals surface area contributed by atoms with Gasteiger partial charge >= 0.3 is 5.69 Å². The van der Waals surface area contributed by atoms with Gasteiger partial charge in [0.15, 0.2) is 11.5 Å². The van der Waals surface area contributed by atoms with Gasteiger partial charge in [0, 0.05) is 7.05 Å². The van der Waals surface area contributed by atoms with Crippen molar-refractivity contribution in [2.75, 3.05) is 13.2 Å². The van der Waals surface area contributed by atoms with Gasteiger partial charge in [0.25, 0.3) is 0 Å². The molecular formula is C22H27N3O4. The number of imidazole rings is 1. The molecule has 0 aliphatic rings.